The molecule has 0 radical (unpaired) electrons. The normalized spacial score (nSPS) is 8.93. The molecule has 0 aromatic heterocycles. The van der Waals surface area contributed by atoms with Crippen LogP contribution in [0.5, 0.6) is 5.75 Å². The maximum Gasteiger partial charge on any atom is 0.211 e. The highest BCUT2D eigenvalue weighted by molar-refractivity contribution is 9.10. The summed E-state index contributed by atoms with van der Waals surface area (Å²) in [6.07, 6.45) is 0.517. The summed E-state index contributed by atoms with van der Waals surface area (Å²) < 4.78 is 5.70. The zero-order valence-electron chi connectivity index (χ0n) is 7.37. The highest BCUT2D eigenvalue weighted by Gasteiger charge is 2.11. The fourth-order valence-corrected chi connectivity index (χ4v) is 1.54. The number of halogens is 1. The maximum atomic E-state index is 10.3. The summed E-state index contributed by atoms with van der Waals surface area (Å²) in [6.45, 7) is 0. The Labute approximate surface area is 89.6 Å². The van der Waals surface area contributed by atoms with Gasteiger partial charge in [-0.1, -0.05) is 0 Å². The number of amides is 1. The first-order valence-electron chi connectivity index (χ1n) is 3.71. The van der Waals surface area contributed by atoms with E-state index in [0.717, 1.165) is 0 Å². The molecule has 0 spiro atoms. The monoisotopic (exact) mass is 254 g/mol. The second kappa shape index (κ2) is 4.63. The lowest BCUT2D eigenvalue weighted by molar-refractivity contribution is -0.105. The minimum Gasteiger partial charge on any atom is -0.494 e. The van der Waals surface area contributed by atoms with Crippen LogP contribution in [0.2, 0.25) is 0 Å². The van der Waals surface area contributed by atoms with Crippen LogP contribution in [-0.4, -0.2) is 13.5 Å². The summed E-state index contributed by atoms with van der Waals surface area (Å²) in [7, 11) is 1.46. The molecule has 5 heteroatoms. The molecule has 0 atom stereocenters. The minimum absolute atomic E-state index is 0.300. The van der Waals surface area contributed by atoms with Crippen molar-refractivity contribution in [1.82, 2.24) is 0 Å². The average molecular weight is 255 g/mol. The van der Waals surface area contributed by atoms with Crippen LogP contribution in [-0.2, 0) is 4.79 Å². The molecule has 1 aromatic carbocycles. The number of carbonyl (C=O) groups excluding carboxylic acids is 1. The lowest BCUT2D eigenvalue weighted by atomic mass is 10.2. The molecule has 0 bridgehead atoms. The predicted molar refractivity (Wildman–Crippen MR) is 55.1 cm³/mol. The Kier molecular flexibility index (Phi) is 3.48. The van der Waals surface area contributed by atoms with Crippen LogP contribution >= 0.6 is 15.9 Å². The molecule has 0 fully saturated rings. The van der Waals surface area contributed by atoms with Crippen LogP contribution in [0, 0.1) is 11.3 Å². The summed E-state index contributed by atoms with van der Waals surface area (Å²) in [5.41, 5.74) is 0.733. The van der Waals surface area contributed by atoms with E-state index in [2.05, 4.69) is 21.2 Å². The number of rotatable bonds is 3. The van der Waals surface area contributed by atoms with Gasteiger partial charge in [-0.2, -0.15) is 5.26 Å². The Morgan fingerprint density at radius 3 is 2.86 bits per heavy atom. The fourth-order valence-electron chi connectivity index (χ4n) is 1.05. The first kappa shape index (κ1) is 10.5. The summed E-state index contributed by atoms with van der Waals surface area (Å²) >= 11 is 3.24. The Morgan fingerprint density at radius 2 is 2.36 bits per heavy atom. The van der Waals surface area contributed by atoms with Gasteiger partial charge in [0, 0.05) is 0 Å². The largest absolute Gasteiger partial charge is 0.494 e. The maximum absolute atomic E-state index is 10.3. The predicted octanol–water partition coefficient (Wildman–Crippen LogP) is 1.90. The number of methoxy groups -OCH3 is 1. The molecule has 0 saturated heterocycles. The van der Waals surface area contributed by atoms with Crippen LogP contribution in [0.15, 0.2) is 16.6 Å². The van der Waals surface area contributed by atoms with E-state index in [9.17, 15) is 4.79 Å². The van der Waals surface area contributed by atoms with Gasteiger partial charge in [0.25, 0.3) is 0 Å². The van der Waals surface area contributed by atoms with Crippen LogP contribution in [0.25, 0.3) is 0 Å². The van der Waals surface area contributed by atoms with Crippen molar-refractivity contribution in [2.45, 2.75) is 0 Å². The van der Waals surface area contributed by atoms with Gasteiger partial charge in [0.2, 0.25) is 6.41 Å². The molecule has 1 aromatic rings. The topological polar surface area (TPSA) is 62.1 Å². The molecule has 1 N–H and O–H groups in total. The third kappa shape index (κ3) is 1.86. The summed E-state index contributed by atoms with van der Waals surface area (Å²) in [5.74, 6) is 0.416. The molecule has 72 valence electrons. The van der Waals surface area contributed by atoms with Gasteiger partial charge in [-0.15, -0.1) is 0 Å². The third-order valence-electron chi connectivity index (χ3n) is 1.64. The number of ether oxygens (including phenoxy) is 1. The van der Waals surface area contributed by atoms with E-state index in [1.165, 1.54) is 7.11 Å². The first-order valence-corrected chi connectivity index (χ1v) is 4.50. The number of nitriles is 1. The van der Waals surface area contributed by atoms with Crippen molar-refractivity contribution in [3.8, 4) is 11.8 Å². The van der Waals surface area contributed by atoms with Gasteiger partial charge in [0.05, 0.1) is 17.3 Å². The molecule has 1 rings (SSSR count). The highest BCUT2D eigenvalue weighted by atomic mass is 79.9. The van der Waals surface area contributed by atoms with Crippen LogP contribution < -0.4 is 10.1 Å². The molecule has 0 heterocycles. The third-order valence-corrected chi connectivity index (χ3v) is 2.26. The molecule has 0 aliphatic rings. The van der Waals surface area contributed by atoms with E-state index in [-0.39, 0.29) is 0 Å². The van der Waals surface area contributed by atoms with Gasteiger partial charge in [-0.3, -0.25) is 4.79 Å². The Hall–Kier alpha value is -1.54. The second-order valence-corrected chi connectivity index (χ2v) is 3.23. The van der Waals surface area contributed by atoms with Crippen molar-refractivity contribution in [2.75, 3.05) is 12.4 Å². The number of nitrogens with one attached hydrogen (secondary N) is 1. The van der Waals surface area contributed by atoms with Crippen LogP contribution in [0.3, 0.4) is 0 Å². The average Bonchev–Trinajstić information content (AvgIpc) is 2.20. The summed E-state index contributed by atoms with van der Waals surface area (Å²) in [4.78, 5) is 10.3. The fraction of sp³-hybridized carbons (Fsp3) is 0.111. The number of carbonyl (C=O) groups is 1. The standard InChI is InChI=1S/C9H7BrN2O2/c1-14-9-6(4-11)8(12-5-13)3-2-7(9)10/h2-3,5H,1H3,(H,12,13). The van der Waals surface area contributed by atoms with E-state index in [0.29, 0.717) is 27.9 Å². The van der Waals surface area contributed by atoms with Crippen molar-refractivity contribution in [2.24, 2.45) is 0 Å². The zero-order valence-corrected chi connectivity index (χ0v) is 8.96. The quantitative estimate of drug-likeness (QED) is 0.839. The molecule has 0 aliphatic carbocycles. The van der Waals surface area contributed by atoms with Crippen molar-refractivity contribution >= 4 is 28.0 Å². The lowest BCUT2D eigenvalue weighted by Crippen LogP contribution is -1.99. The first-order chi connectivity index (χ1) is 6.74. The number of hydrogen-bond donors (Lipinski definition) is 1. The van der Waals surface area contributed by atoms with Gasteiger partial charge in [0.1, 0.15) is 11.6 Å². The molecule has 14 heavy (non-hydrogen) atoms. The van der Waals surface area contributed by atoms with Gasteiger partial charge in [-0.25, -0.2) is 0 Å². The van der Waals surface area contributed by atoms with Crippen molar-refractivity contribution in [3.05, 3.63) is 22.2 Å². The zero-order chi connectivity index (χ0) is 10.6. The van der Waals surface area contributed by atoms with Gasteiger partial charge >= 0.3 is 0 Å². The Morgan fingerprint density at radius 1 is 1.64 bits per heavy atom. The molecule has 0 aliphatic heterocycles. The lowest BCUT2D eigenvalue weighted by Gasteiger charge is -2.08. The summed E-state index contributed by atoms with van der Waals surface area (Å²) in [6, 6.07) is 5.29. The Bertz CT molecular complexity index is 399. The molecule has 0 saturated carbocycles. The van der Waals surface area contributed by atoms with E-state index < -0.39 is 0 Å². The summed E-state index contributed by atoms with van der Waals surface area (Å²) in [5, 5.41) is 11.3. The van der Waals surface area contributed by atoms with Crippen molar-refractivity contribution in [1.29, 1.82) is 5.26 Å². The molecule has 1 amide bonds. The van der Waals surface area contributed by atoms with Gasteiger partial charge in [-0.05, 0) is 28.1 Å². The van der Waals surface area contributed by atoms with E-state index in [4.69, 9.17) is 10.00 Å². The highest BCUT2D eigenvalue weighted by Crippen LogP contribution is 2.33. The number of nitrogens with zero attached hydrogens (tertiary/aromatic N) is 1. The van der Waals surface area contributed by atoms with E-state index >= 15 is 0 Å². The van der Waals surface area contributed by atoms with Crippen LogP contribution in [0.1, 0.15) is 5.56 Å². The number of anilines is 1. The smallest absolute Gasteiger partial charge is 0.211 e. The SMILES string of the molecule is COc1c(Br)ccc(NC=O)c1C#N. The number of hydrogen-bond acceptors (Lipinski definition) is 3. The van der Waals surface area contributed by atoms with Gasteiger partial charge < -0.3 is 10.1 Å². The van der Waals surface area contributed by atoms with E-state index in [1.807, 2.05) is 6.07 Å². The second-order valence-electron chi connectivity index (χ2n) is 2.38. The Balaban J connectivity index is 3.34. The van der Waals surface area contributed by atoms with Crippen molar-refractivity contribution < 1.29 is 9.53 Å². The molecule has 4 nitrogen and oxygen atoms in total. The number of benzene rings is 1. The van der Waals surface area contributed by atoms with Crippen molar-refractivity contribution in [3.63, 3.8) is 0 Å². The van der Waals surface area contributed by atoms with E-state index in [1.54, 1.807) is 12.1 Å². The minimum atomic E-state index is 0.300. The van der Waals surface area contributed by atoms with Gasteiger partial charge in [0.15, 0.2) is 5.75 Å². The molecular weight excluding hydrogens is 248 g/mol. The molecule has 0 unspecified atom stereocenters. The molecular formula is C9H7BrN2O2. The van der Waals surface area contributed by atoms with Crippen LogP contribution in [0.4, 0.5) is 5.69 Å².